The first-order chi connectivity index (χ1) is 14.8. The van der Waals surface area contributed by atoms with Crippen molar-refractivity contribution >= 4 is 37.6 Å². The van der Waals surface area contributed by atoms with E-state index in [0.717, 1.165) is 23.1 Å². The Morgan fingerprint density at radius 3 is 2.87 bits per heavy atom. The number of anilines is 1. The van der Waals surface area contributed by atoms with Crippen LogP contribution in [-0.4, -0.2) is 45.8 Å². The number of fused-ring (bicyclic) bond motifs is 2. The van der Waals surface area contributed by atoms with Crippen molar-refractivity contribution in [1.82, 2.24) is 9.88 Å². The number of hydrogen-bond acceptors (Lipinski definition) is 4. The number of carbonyl (C=O) groups excluding carboxylic acids is 1. The molecule has 0 unspecified atom stereocenters. The van der Waals surface area contributed by atoms with E-state index < -0.39 is 17.9 Å². The molecule has 1 aliphatic carbocycles. The van der Waals surface area contributed by atoms with Crippen LogP contribution < -0.4 is 5.32 Å². The Balaban J connectivity index is 1.47. The molecule has 1 N–H and O–H groups in total. The molecule has 2 aromatic rings. The Kier molecular flexibility index (Phi) is 6.52. The maximum absolute atomic E-state index is 14.6. The molecule has 1 aromatic carbocycles. The average molecular weight is 488 g/mol. The van der Waals surface area contributed by atoms with Gasteiger partial charge in [0, 0.05) is 0 Å². The molecule has 2 atom stereocenters. The molecule has 8 heteroatoms. The van der Waals surface area contributed by atoms with Gasteiger partial charge in [0.05, 0.1) is 0 Å². The monoisotopic (exact) mass is 487 g/mol. The summed E-state index contributed by atoms with van der Waals surface area (Å²) in [5, 5.41) is 3.44. The summed E-state index contributed by atoms with van der Waals surface area (Å²) in [6, 6.07) is 3.73. The van der Waals surface area contributed by atoms with Gasteiger partial charge in [0.25, 0.3) is 0 Å². The molecule has 1 saturated heterocycles. The van der Waals surface area contributed by atoms with Gasteiger partial charge in [-0.05, 0) is 42.5 Å². The summed E-state index contributed by atoms with van der Waals surface area (Å²) in [6.07, 6.45) is 5.98. The van der Waals surface area contributed by atoms with E-state index in [9.17, 15) is 13.6 Å². The van der Waals surface area contributed by atoms with Gasteiger partial charge in [-0.15, -0.1) is 0 Å². The number of piperidine rings is 1. The van der Waals surface area contributed by atoms with Gasteiger partial charge in [0.2, 0.25) is 0 Å². The predicted molar refractivity (Wildman–Crippen MR) is 119 cm³/mol. The fourth-order valence-corrected chi connectivity index (χ4v) is 5.54. The van der Waals surface area contributed by atoms with Gasteiger partial charge in [0.1, 0.15) is 0 Å². The van der Waals surface area contributed by atoms with Gasteiger partial charge >= 0.3 is 150 Å². The standard InChI is InChI=1S/C23H25F2N3OS.Ni/c1-4-15(5-2)18-13-28(10-9-23(18,24)25)14(3)21(29)27-22-26-19-11-16-7-6-8-17(16)12-20(19)30-22;/h1,4-5,11-12,14,18H,2,6-10,13H2,3H3,(H,26,27,29);/b15-4+;/t14-,18+;/m0./s1. The van der Waals surface area contributed by atoms with Crippen LogP contribution in [0.1, 0.15) is 30.9 Å². The second kappa shape index (κ2) is 9.01. The minimum absolute atomic E-state index is 0.0693. The molecule has 1 aromatic heterocycles. The molecule has 0 saturated carbocycles. The number of nitrogens with zero attached hydrogens (tertiary/aromatic N) is 2. The van der Waals surface area contributed by atoms with Crippen molar-refractivity contribution < 1.29 is 28.6 Å². The van der Waals surface area contributed by atoms with Crippen LogP contribution in [0.4, 0.5) is 13.9 Å². The summed E-state index contributed by atoms with van der Waals surface area (Å²) in [5.74, 6) is -4.13. The summed E-state index contributed by atoms with van der Waals surface area (Å²) < 4.78 is 30.2. The van der Waals surface area contributed by atoms with E-state index in [1.54, 1.807) is 11.8 Å². The van der Waals surface area contributed by atoms with Gasteiger partial charge in [0.15, 0.2) is 0 Å². The maximum atomic E-state index is 14.6. The minimum atomic E-state index is -2.86. The summed E-state index contributed by atoms with van der Waals surface area (Å²) in [5.41, 5.74) is 4.01. The Morgan fingerprint density at radius 2 is 2.16 bits per heavy atom. The summed E-state index contributed by atoms with van der Waals surface area (Å²) >= 11 is 5.96. The molecule has 168 valence electrons. The van der Waals surface area contributed by atoms with E-state index in [1.807, 2.05) is 0 Å². The van der Waals surface area contributed by atoms with Crippen LogP contribution in [0.25, 0.3) is 10.2 Å². The number of carbonyl (C=O) groups is 1. The molecular weight excluding hydrogens is 463 g/mol. The number of halogens is 2. The third-order valence-corrected chi connectivity index (χ3v) is 7.40. The SMILES string of the molecule is C=C/C(=C\[CH]=[Ni])[C@H]1CN([C@@H](C)C(=O)Nc2nc3cc4c(cc3s2)CCC4)CCC1(F)F. The fourth-order valence-electron chi connectivity index (χ4n) is 4.44. The average Bonchev–Trinajstić information content (AvgIpc) is 3.34. The summed E-state index contributed by atoms with van der Waals surface area (Å²) in [7, 11) is 0. The van der Waals surface area contributed by atoms with Crippen LogP contribution in [-0.2, 0) is 32.7 Å². The molecular formula is C23H25F2N3NiOS. The summed E-state index contributed by atoms with van der Waals surface area (Å²) in [4.78, 5) is 20.6. The third kappa shape index (κ3) is 4.57. The first-order valence-electron chi connectivity index (χ1n) is 10.4. The van der Waals surface area contributed by atoms with Crippen molar-refractivity contribution in [3.05, 3.63) is 47.6 Å². The fraction of sp³-hybridized carbons (Fsp3) is 0.435. The number of hydrogen-bond donors (Lipinski definition) is 1. The topological polar surface area (TPSA) is 45.2 Å². The quantitative estimate of drug-likeness (QED) is 0.481. The first-order valence-corrected chi connectivity index (χ1v) is 11.8. The number of aromatic nitrogens is 1. The first kappa shape index (κ1) is 22.4. The number of rotatable bonds is 6. The van der Waals surface area contributed by atoms with Gasteiger partial charge in [-0.2, -0.15) is 0 Å². The van der Waals surface area contributed by atoms with Crippen molar-refractivity contribution in [2.24, 2.45) is 5.92 Å². The molecule has 0 radical (unpaired) electrons. The van der Waals surface area contributed by atoms with Crippen LogP contribution in [0, 0.1) is 5.92 Å². The molecule has 1 fully saturated rings. The molecule has 0 bridgehead atoms. The van der Waals surface area contributed by atoms with Crippen LogP contribution >= 0.6 is 11.3 Å². The van der Waals surface area contributed by atoms with E-state index in [1.165, 1.54) is 46.0 Å². The predicted octanol–water partition coefficient (Wildman–Crippen LogP) is 4.53. The van der Waals surface area contributed by atoms with Crippen LogP contribution in [0.2, 0.25) is 0 Å². The number of aryl methyl sites for hydroxylation is 2. The van der Waals surface area contributed by atoms with Crippen molar-refractivity contribution in [3.8, 4) is 0 Å². The number of likely N-dealkylation sites (tertiary alicyclic amines) is 1. The zero-order valence-electron chi connectivity index (χ0n) is 17.3. The molecule has 1 amide bonds. The Morgan fingerprint density at radius 1 is 1.42 bits per heavy atom. The van der Waals surface area contributed by atoms with Gasteiger partial charge < -0.3 is 0 Å². The van der Waals surface area contributed by atoms with Gasteiger partial charge in [-0.25, -0.2) is 0 Å². The normalized spacial score (nSPS) is 22.2. The Hall–Kier alpha value is -1.76. The van der Waals surface area contributed by atoms with E-state index in [2.05, 4.69) is 44.0 Å². The number of amides is 1. The number of alkyl halides is 2. The van der Waals surface area contributed by atoms with Crippen molar-refractivity contribution in [1.29, 1.82) is 0 Å². The molecule has 1 aliphatic heterocycles. The summed E-state index contributed by atoms with van der Waals surface area (Å²) in [6.45, 7) is 5.62. The zero-order chi connectivity index (χ0) is 22.2. The Labute approximate surface area is 192 Å². The van der Waals surface area contributed by atoms with Crippen molar-refractivity contribution in [2.45, 2.75) is 44.6 Å². The van der Waals surface area contributed by atoms with E-state index in [0.29, 0.717) is 10.7 Å². The second-order valence-electron chi connectivity index (χ2n) is 8.16. The second-order valence-corrected chi connectivity index (χ2v) is 9.52. The van der Waals surface area contributed by atoms with Crippen LogP contribution in [0.15, 0.2) is 36.4 Å². The third-order valence-electron chi connectivity index (χ3n) is 6.30. The van der Waals surface area contributed by atoms with Crippen molar-refractivity contribution in [2.75, 3.05) is 18.4 Å². The molecule has 31 heavy (non-hydrogen) atoms. The number of benzene rings is 1. The molecule has 4 rings (SSSR count). The van der Waals surface area contributed by atoms with E-state index >= 15 is 0 Å². The van der Waals surface area contributed by atoms with Gasteiger partial charge in [-0.1, -0.05) is 0 Å². The molecule has 2 aliphatic rings. The van der Waals surface area contributed by atoms with Crippen molar-refractivity contribution in [3.63, 3.8) is 0 Å². The molecule has 0 spiro atoms. The van der Waals surface area contributed by atoms with E-state index in [-0.39, 0.29) is 25.4 Å². The van der Waals surface area contributed by atoms with E-state index in [4.69, 9.17) is 0 Å². The van der Waals surface area contributed by atoms with Gasteiger partial charge in [-0.3, -0.25) is 0 Å². The number of thiazole rings is 1. The number of allylic oxidation sites excluding steroid dienone is 2. The van der Waals surface area contributed by atoms with Crippen LogP contribution in [0.5, 0.6) is 0 Å². The molecule has 4 nitrogen and oxygen atoms in total. The van der Waals surface area contributed by atoms with Crippen LogP contribution in [0.3, 0.4) is 0 Å². The zero-order valence-corrected chi connectivity index (χ0v) is 19.1. The number of nitrogens with one attached hydrogen (secondary N) is 1. The Bertz CT molecular complexity index is 1020. The molecule has 2 heterocycles.